The molecule has 2 atom stereocenters. The lowest BCUT2D eigenvalue weighted by Gasteiger charge is -2.25. The van der Waals surface area contributed by atoms with E-state index in [9.17, 15) is 4.79 Å². The molecule has 0 saturated carbocycles. The molecule has 1 fully saturated rings. The van der Waals surface area contributed by atoms with E-state index in [1.165, 1.54) is 0 Å². The summed E-state index contributed by atoms with van der Waals surface area (Å²) in [4.78, 5) is 14.2. The molecule has 1 aliphatic rings. The van der Waals surface area contributed by atoms with Crippen LogP contribution in [-0.4, -0.2) is 36.5 Å². The predicted octanol–water partition coefficient (Wildman–Crippen LogP) is 2.84. The minimum Gasteiger partial charge on any atom is -0.481 e. The van der Waals surface area contributed by atoms with Crippen molar-refractivity contribution in [1.29, 1.82) is 0 Å². The van der Waals surface area contributed by atoms with Gasteiger partial charge in [0.1, 0.15) is 5.75 Å². The number of carbonyl (C=O) groups excluding carboxylic acids is 1. The summed E-state index contributed by atoms with van der Waals surface area (Å²) in [5.74, 6) is 0.736. The number of hydrogen-bond donors (Lipinski definition) is 1. The lowest BCUT2D eigenvalue weighted by molar-refractivity contribution is -0.137. The maximum atomic E-state index is 12.4. The lowest BCUT2D eigenvalue weighted by Crippen LogP contribution is -2.41. The molecule has 118 valence electrons. The largest absolute Gasteiger partial charge is 0.481 e. The van der Waals surface area contributed by atoms with E-state index in [-0.39, 0.29) is 23.7 Å². The third-order valence-electron chi connectivity index (χ3n) is 3.84. The van der Waals surface area contributed by atoms with Crippen LogP contribution in [0.15, 0.2) is 28.7 Å². The average molecular weight is 378 g/mol. The molecule has 1 amide bonds. The molecule has 0 spiro atoms. The molecule has 1 aromatic rings. The number of nitrogens with two attached hydrogens (primary N) is 1. The van der Waals surface area contributed by atoms with E-state index in [1.807, 2.05) is 29.2 Å². The van der Waals surface area contributed by atoms with Crippen LogP contribution in [0, 0.1) is 5.41 Å². The van der Waals surface area contributed by atoms with E-state index in [2.05, 4.69) is 22.9 Å². The molecule has 1 heterocycles. The molecule has 0 bridgehead atoms. The van der Waals surface area contributed by atoms with Crippen molar-refractivity contribution in [3.8, 4) is 5.75 Å². The molecule has 1 aromatic carbocycles. The van der Waals surface area contributed by atoms with Crippen molar-refractivity contribution in [2.24, 2.45) is 11.1 Å². The summed E-state index contributed by atoms with van der Waals surface area (Å²) in [7, 11) is 0. The van der Waals surface area contributed by atoms with Gasteiger partial charge in [-0.05, 0) is 49.6 Å². The molecular formula is C15H22BrClN2O2. The third kappa shape index (κ3) is 4.59. The van der Waals surface area contributed by atoms with Gasteiger partial charge in [-0.2, -0.15) is 0 Å². The van der Waals surface area contributed by atoms with E-state index in [1.54, 1.807) is 6.92 Å². The fraction of sp³-hybridized carbons (Fsp3) is 0.533. The molecule has 1 aliphatic heterocycles. The second kappa shape index (κ2) is 7.47. The average Bonchev–Trinajstić information content (AvgIpc) is 2.84. The van der Waals surface area contributed by atoms with Crippen molar-refractivity contribution in [1.82, 2.24) is 4.90 Å². The zero-order valence-corrected chi connectivity index (χ0v) is 14.7. The van der Waals surface area contributed by atoms with Crippen LogP contribution in [0.25, 0.3) is 0 Å². The molecule has 0 aliphatic carbocycles. The van der Waals surface area contributed by atoms with E-state index in [0.717, 1.165) is 24.0 Å². The van der Waals surface area contributed by atoms with Crippen LogP contribution >= 0.6 is 28.3 Å². The molecule has 21 heavy (non-hydrogen) atoms. The quantitative estimate of drug-likeness (QED) is 0.878. The molecule has 2 unspecified atom stereocenters. The standard InChI is InChI=1S/C15H21BrN2O2.ClH/c1-11(20-13-5-3-12(16)4-6-13)14(19)18-8-7-15(2,9-17)10-18;/h3-6,11H,7-10,17H2,1-2H3;1H. The summed E-state index contributed by atoms with van der Waals surface area (Å²) >= 11 is 3.37. The second-order valence-electron chi connectivity index (χ2n) is 5.74. The van der Waals surface area contributed by atoms with Gasteiger partial charge in [-0.15, -0.1) is 12.4 Å². The summed E-state index contributed by atoms with van der Waals surface area (Å²) < 4.78 is 6.69. The highest BCUT2D eigenvalue weighted by atomic mass is 79.9. The molecule has 2 rings (SSSR count). The second-order valence-corrected chi connectivity index (χ2v) is 6.65. The van der Waals surface area contributed by atoms with Crippen LogP contribution in [0.5, 0.6) is 5.75 Å². The van der Waals surface area contributed by atoms with Crippen LogP contribution in [0.3, 0.4) is 0 Å². The topological polar surface area (TPSA) is 55.6 Å². The number of halogens is 2. The van der Waals surface area contributed by atoms with Crippen molar-refractivity contribution in [2.45, 2.75) is 26.4 Å². The van der Waals surface area contributed by atoms with Crippen LogP contribution < -0.4 is 10.5 Å². The number of rotatable bonds is 4. The number of benzene rings is 1. The van der Waals surface area contributed by atoms with Crippen molar-refractivity contribution >= 4 is 34.2 Å². The highest BCUT2D eigenvalue weighted by molar-refractivity contribution is 9.10. The minimum absolute atomic E-state index is 0. The molecular weight excluding hydrogens is 356 g/mol. The van der Waals surface area contributed by atoms with E-state index in [0.29, 0.717) is 12.3 Å². The minimum atomic E-state index is -0.476. The lowest BCUT2D eigenvalue weighted by atomic mass is 9.90. The first-order valence-corrected chi connectivity index (χ1v) is 7.64. The van der Waals surface area contributed by atoms with Crippen molar-refractivity contribution in [3.63, 3.8) is 0 Å². The summed E-state index contributed by atoms with van der Waals surface area (Å²) in [5.41, 5.74) is 5.82. The van der Waals surface area contributed by atoms with Crippen LogP contribution in [0.2, 0.25) is 0 Å². The highest BCUT2D eigenvalue weighted by Gasteiger charge is 2.36. The first kappa shape index (κ1) is 18.3. The zero-order valence-electron chi connectivity index (χ0n) is 12.3. The Labute approximate surface area is 140 Å². The predicted molar refractivity (Wildman–Crippen MR) is 89.8 cm³/mol. The maximum absolute atomic E-state index is 12.4. The number of ether oxygens (including phenoxy) is 1. The summed E-state index contributed by atoms with van der Waals surface area (Å²) in [6.45, 7) is 6.01. The van der Waals surface area contributed by atoms with Crippen molar-refractivity contribution in [3.05, 3.63) is 28.7 Å². The van der Waals surface area contributed by atoms with Crippen LogP contribution in [0.4, 0.5) is 0 Å². The number of carbonyl (C=O) groups is 1. The van der Waals surface area contributed by atoms with Gasteiger partial charge < -0.3 is 15.4 Å². The zero-order chi connectivity index (χ0) is 14.8. The monoisotopic (exact) mass is 376 g/mol. The van der Waals surface area contributed by atoms with E-state index >= 15 is 0 Å². The van der Waals surface area contributed by atoms with Crippen LogP contribution in [-0.2, 0) is 4.79 Å². The Balaban J connectivity index is 0.00000220. The Morgan fingerprint density at radius 1 is 1.48 bits per heavy atom. The molecule has 4 nitrogen and oxygen atoms in total. The van der Waals surface area contributed by atoms with E-state index in [4.69, 9.17) is 10.5 Å². The Morgan fingerprint density at radius 2 is 2.10 bits per heavy atom. The van der Waals surface area contributed by atoms with Gasteiger partial charge in [0, 0.05) is 17.6 Å². The Hall–Kier alpha value is -0.780. The normalized spacial score (nSPS) is 22.6. The molecule has 1 saturated heterocycles. The summed E-state index contributed by atoms with van der Waals surface area (Å²) in [5, 5.41) is 0. The van der Waals surface area contributed by atoms with Gasteiger partial charge >= 0.3 is 0 Å². The molecule has 2 N–H and O–H groups in total. The fourth-order valence-electron chi connectivity index (χ4n) is 2.40. The Morgan fingerprint density at radius 3 is 2.62 bits per heavy atom. The first-order valence-electron chi connectivity index (χ1n) is 6.85. The van der Waals surface area contributed by atoms with Gasteiger partial charge in [-0.3, -0.25) is 4.79 Å². The molecule has 0 radical (unpaired) electrons. The molecule has 0 aromatic heterocycles. The summed E-state index contributed by atoms with van der Waals surface area (Å²) in [6.07, 6.45) is 0.483. The van der Waals surface area contributed by atoms with E-state index < -0.39 is 6.10 Å². The van der Waals surface area contributed by atoms with Crippen molar-refractivity contribution in [2.75, 3.05) is 19.6 Å². The Kier molecular flexibility index (Phi) is 6.50. The Bertz CT molecular complexity index is 483. The van der Waals surface area contributed by atoms with Gasteiger partial charge in [0.05, 0.1) is 0 Å². The van der Waals surface area contributed by atoms with Crippen LogP contribution in [0.1, 0.15) is 20.3 Å². The van der Waals surface area contributed by atoms with Gasteiger partial charge in [0.15, 0.2) is 6.10 Å². The van der Waals surface area contributed by atoms with Crippen molar-refractivity contribution < 1.29 is 9.53 Å². The summed E-state index contributed by atoms with van der Waals surface area (Å²) in [6, 6.07) is 7.49. The van der Waals surface area contributed by atoms with Gasteiger partial charge in [-0.25, -0.2) is 0 Å². The van der Waals surface area contributed by atoms with Gasteiger partial charge in [0.25, 0.3) is 5.91 Å². The smallest absolute Gasteiger partial charge is 0.263 e. The number of nitrogens with zero attached hydrogens (tertiary/aromatic N) is 1. The molecule has 6 heteroatoms. The number of likely N-dealkylation sites (tertiary alicyclic amines) is 1. The maximum Gasteiger partial charge on any atom is 0.263 e. The van der Waals surface area contributed by atoms with Gasteiger partial charge in [0.2, 0.25) is 0 Å². The fourth-order valence-corrected chi connectivity index (χ4v) is 2.67. The first-order chi connectivity index (χ1) is 9.43. The SMILES string of the molecule is CC(Oc1ccc(Br)cc1)C(=O)N1CCC(C)(CN)C1.Cl. The third-order valence-corrected chi connectivity index (χ3v) is 4.37. The highest BCUT2D eigenvalue weighted by Crippen LogP contribution is 2.29. The van der Waals surface area contributed by atoms with Gasteiger partial charge in [-0.1, -0.05) is 22.9 Å². The number of hydrogen-bond acceptors (Lipinski definition) is 3. The number of amides is 1.